The Morgan fingerprint density at radius 3 is 1.96 bits per heavy atom. The van der Waals surface area contributed by atoms with Crippen LogP contribution in [0.15, 0.2) is 12.2 Å². The highest BCUT2D eigenvalue weighted by Gasteiger charge is 1.98. The van der Waals surface area contributed by atoms with Crippen molar-refractivity contribution in [2.75, 3.05) is 5.73 Å². The maximum Gasteiger partial charge on any atom is 0.239 e. The highest BCUT2D eigenvalue weighted by Crippen LogP contribution is 2.10. The largest absolute Gasteiger partial charge is 0.367 e. The number of allylic oxidation sites excluding steroid dienone is 2. The first-order valence-corrected chi connectivity index (χ1v) is 9.64. The fourth-order valence-corrected chi connectivity index (χ4v) is 2.79. The molecule has 0 bridgehead atoms. The monoisotopic (exact) mass is 320 g/mol. The third-order valence-corrected chi connectivity index (χ3v) is 4.22. The molecular weight excluding hydrogens is 284 g/mol. The second-order valence-electron chi connectivity index (χ2n) is 6.47. The first-order chi connectivity index (χ1) is 11.3. The molecule has 0 aliphatic heterocycles. The van der Waals surface area contributed by atoms with Crippen LogP contribution in [-0.2, 0) is 6.42 Å². The molecule has 0 spiro atoms. The molecule has 0 atom stereocenters. The Morgan fingerprint density at radius 2 is 1.39 bits per heavy atom. The number of nitrogens with zero attached hydrogens (tertiary/aromatic N) is 2. The summed E-state index contributed by atoms with van der Waals surface area (Å²) >= 11 is 0. The van der Waals surface area contributed by atoms with Crippen LogP contribution in [0.4, 0.5) is 5.95 Å². The van der Waals surface area contributed by atoms with Crippen LogP contribution in [0, 0.1) is 0 Å². The number of aromatic amines is 1. The van der Waals surface area contributed by atoms with E-state index in [4.69, 9.17) is 5.73 Å². The summed E-state index contributed by atoms with van der Waals surface area (Å²) in [6, 6.07) is 0. The third kappa shape index (κ3) is 11.8. The number of anilines is 1. The van der Waals surface area contributed by atoms with Gasteiger partial charge in [-0.25, -0.2) is 0 Å². The van der Waals surface area contributed by atoms with E-state index in [-0.39, 0.29) is 0 Å². The van der Waals surface area contributed by atoms with Crippen LogP contribution in [0.1, 0.15) is 96.2 Å². The molecule has 0 fully saturated rings. The van der Waals surface area contributed by atoms with Gasteiger partial charge in [0.15, 0.2) is 0 Å². The second-order valence-corrected chi connectivity index (χ2v) is 6.47. The number of H-pyrrole nitrogens is 1. The van der Waals surface area contributed by atoms with Crippen molar-refractivity contribution in [1.29, 1.82) is 0 Å². The zero-order valence-corrected chi connectivity index (χ0v) is 15.0. The van der Waals surface area contributed by atoms with Gasteiger partial charge in [0.2, 0.25) is 5.95 Å². The average molecular weight is 321 g/mol. The zero-order chi connectivity index (χ0) is 16.6. The molecule has 132 valence electrons. The van der Waals surface area contributed by atoms with E-state index in [0.717, 1.165) is 12.2 Å². The molecule has 4 nitrogen and oxygen atoms in total. The number of nitrogens with one attached hydrogen (secondary N) is 1. The lowest BCUT2D eigenvalue weighted by atomic mass is 10.1. The van der Waals surface area contributed by atoms with Crippen molar-refractivity contribution in [3.05, 3.63) is 18.0 Å². The Balaban J connectivity index is 1.78. The molecule has 4 heteroatoms. The van der Waals surface area contributed by atoms with Gasteiger partial charge in [-0.2, -0.15) is 4.98 Å². The molecule has 0 saturated carbocycles. The van der Waals surface area contributed by atoms with Gasteiger partial charge in [0.05, 0.1) is 0 Å². The highest BCUT2D eigenvalue weighted by molar-refractivity contribution is 5.12. The molecule has 1 heterocycles. The topological polar surface area (TPSA) is 67.6 Å². The Hall–Kier alpha value is -1.32. The third-order valence-electron chi connectivity index (χ3n) is 4.22. The summed E-state index contributed by atoms with van der Waals surface area (Å²) in [5.41, 5.74) is 5.47. The summed E-state index contributed by atoms with van der Waals surface area (Å²) < 4.78 is 0. The summed E-state index contributed by atoms with van der Waals surface area (Å²) in [5, 5.41) is 6.70. The van der Waals surface area contributed by atoms with Gasteiger partial charge in [-0.05, 0) is 32.1 Å². The molecule has 1 aromatic rings. The number of nitrogens with two attached hydrogens (primary N) is 1. The van der Waals surface area contributed by atoms with Gasteiger partial charge < -0.3 is 5.73 Å². The number of nitrogen functional groups attached to an aromatic ring is 1. The Morgan fingerprint density at radius 1 is 0.826 bits per heavy atom. The molecule has 0 aliphatic rings. The minimum atomic E-state index is 0.354. The molecule has 0 aromatic carbocycles. The van der Waals surface area contributed by atoms with E-state index >= 15 is 0 Å². The maximum atomic E-state index is 5.47. The van der Waals surface area contributed by atoms with Crippen molar-refractivity contribution in [3.8, 4) is 0 Å². The van der Waals surface area contributed by atoms with E-state index in [0.29, 0.717) is 5.95 Å². The molecule has 23 heavy (non-hydrogen) atoms. The van der Waals surface area contributed by atoms with E-state index in [9.17, 15) is 0 Å². The number of aryl methyl sites for hydroxylation is 1. The molecular formula is C19H36N4. The Kier molecular flexibility index (Phi) is 12.3. The van der Waals surface area contributed by atoms with Gasteiger partial charge in [-0.1, -0.05) is 70.4 Å². The normalized spacial score (nSPS) is 11.5. The number of unbranched alkanes of at least 4 members (excludes halogenated alkanes) is 11. The number of aromatic nitrogens is 3. The predicted octanol–water partition coefficient (Wildman–Crippen LogP) is 5.58. The van der Waals surface area contributed by atoms with Crippen molar-refractivity contribution < 1.29 is 0 Å². The molecule has 3 N–H and O–H groups in total. The number of hydrogen-bond acceptors (Lipinski definition) is 3. The first kappa shape index (κ1) is 19.7. The van der Waals surface area contributed by atoms with Gasteiger partial charge in [0.1, 0.15) is 5.82 Å². The van der Waals surface area contributed by atoms with Crippen molar-refractivity contribution in [3.63, 3.8) is 0 Å². The van der Waals surface area contributed by atoms with Crippen LogP contribution >= 0.6 is 0 Å². The lowest BCUT2D eigenvalue weighted by Crippen LogP contribution is -1.90. The minimum Gasteiger partial charge on any atom is -0.367 e. The molecule has 0 aliphatic carbocycles. The molecule has 0 amide bonds. The molecule has 0 saturated heterocycles. The summed E-state index contributed by atoms with van der Waals surface area (Å²) in [4.78, 5) is 4.12. The summed E-state index contributed by atoms with van der Waals surface area (Å²) in [6.45, 7) is 2.27. The minimum absolute atomic E-state index is 0.354. The van der Waals surface area contributed by atoms with Gasteiger partial charge in [-0.15, -0.1) is 5.10 Å². The van der Waals surface area contributed by atoms with Crippen LogP contribution < -0.4 is 5.73 Å². The van der Waals surface area contributed by atoms with E-state index < -0.39 is 0 Å². The number of hydrogen-bond donors (Lipinski definition) is 2. The van der Waals surface area contributed by atoms with Gasteiger partial charge in [-0.3, -0.25) is 5.10 Å². The standard InChI is InChI=1S/C19H36N4/c1-2-3-4-5-6-7-8-9-10-11-12-13-14-15-16-17-18-21-19(20)23-22-18/h9-10H,2-8,11-17H2,1H3,(H3,20,21,22,23)/b10-9+. The molecule has 0 radical (unpaired) electrons. The van der Waals surface area contributed by atoms with Crippen LogP contribution in [0.3, 0.4) is 0 Å². The fourth-order valence-electron chi connectivity index (χ4n) is 2.79. The predicted molar refractivity (Wildman–Crippen MR) is 99.3 cm³/mol. The van der Waals surface area contributed by atoms with E-state index in [1.54, 1.807) is 0 Å². The SMILES string of the molecule is CCCCCCCC/C=C/CCCCCCCc1nc(N)n[nH]1. The Bertz CT molecular complexity index is 398. The summed E-state index contributed by atoms with van der Waals surface area (Å²) in [5.74, 6) is 1.27. The van der Waals surface area contributed by atoms with E-state index in [1.165, 1.54) is 83.5 Å². The summed E-state index contributed by atoms with van der Waals surface area (Å²) in [7, 11) is 0. The van der Waals surface area contributed by atoms with Crippen molar-refractivity contribution >= 4 is 5.95 Å². The van der Waals surface area contributed by atoms with Gasteiger partial charge in [0.25, 0.3) is 0 Å². The molecule has 1 aromatic heterocycles. The maximum absolute atomic E-state index is 5.47. The Labute approximate surface area is 142 Å². The van der Waals surface area contributed by atoms with Crippen LogP contribution in [0.2, 0.25) is 0 Å². The molecule has 0 unspecified atom stereocenters. The highest BCUT2D eigenvalue weighted by atomic mass is 15.3. The lowest BCUT2D eigenvalue weighted by molar-refractivity contribution is 0.606. The van der Waals surface area contributed by atoms with Crippen LogP contribution in [0.5, 0.6) is 0 Å². The first-order valence-electron chi connectivity index (χ1n) is 9.64. The number of rotatable bonds is 15. The van der Waals surface area contributed by atoms with Crippen molar-refractivity contribution in [2.45, 2.75) is 96.8 Å². The smallest absolute Gasteiger partial charge is 0.239 e. The van der Waals surface area contributed by atoms with Crippen LogP contribution in [0.25, 0.3) is 0 Å². The average Bonchev–Trinajstić information content (AvgIpc) is 2.96. The van der Waals surface area contributed by atoms with E-state index in [2.05, 4.69) is 34.3 Å². The van der Waals surface area contributed by atoms with Crippen molar-refractivity contribution in [1.82, 2.24) is 15.2 Å². The van der Waals surface area contributed by atoms with E-state index in [1.807, 2.05) is 0 Å². The molecule has 1 rings (SSSR count). The quantitative estimate of drug-likeness (QED) is 0.327. The summed E-state index contributed by atoms with van der Waals surface area (Å²) in [6.07, 6.45) is 23.0. The van der Waals surface area contributed by atoms with Crippen LogP contribution in [-0.4, -0.2) is 15.2 Å². The second kappa shape index (κ2) is 14.3. The zero-order valence-electron chi connectivity index (χ0n) is 15.0. The van der Waals surface area contributed by atoms with Gasteiger partial charge in [0, 0.05) is 6.42 Å². The lowest BCUT2D eigenvalue weighted by Gasteiger charge is -1.99. The fraction of sp³-hybridized carbons (Fsp3) is 0.789. The van der Waals surface area contributed by atoms with Gasteiger partial charge >= 0.3 is 0 Å². The van der Waals surface area contributed by atoms with Crippen molar-refractivity contribution in [2.24, 2.45) is 0 Å².